The number of pyridine rings is 1. The van der Waals surface area contributed by atoms with E-state index in [0.29, 0.717) is 17.9 Å². The third-order valence-electron chi connectivity index (χ3n) is 2.21. The van der Waals surface area contributed by atoms with Gasteiger partial charge in [-0.1, -0.05) is 13.8 Å². The number of halogens is 1. The Morgan fingerprint density at radius 1 is 1.53 bits per heavy atom. The molecule has 1 aromatic heterocycles. The number of hydrogen-bond donors (Lipinski definition) is 2. The molecule has 17 heavy (non-hydrogen) atoms. The quantitative estimate of drug-likeness (QED) is 0.798. The van der Waals surface area contributed by atoms with Crippen molar-refractivity contribution in [3.8, 4) is 0 Å². The SMILES string of the molecule is CC(C)C[C@H](O)CNC(=O)c1cncc(I)c1. The zero-order valence-corrected chi connectivity index (χ0v) is 12.1. The molecule has 1 amide bonds. The van der Waals surface area contributed by atoms with E-state index in [4.69, 9.17) is 0 Å². The number of aliphatic hydroxyl groups is 1. The molecule has 0 fully saturated rings. The molecular formula is C12H17IN2O2. The average Bonchev–Trinajstić information content (AvgIpc) is 2.25. The number of aromatic nitrogens is 1. The van der Waals surface area contributed by atoms with Crippen molar-refractivity contribution in [1.82, 2.24) is 10.3 Å². The maximum atomic E-state index is 11.7. The molecule has 0 aliphatic carbocycles. The number of carbonyl (C=O) groups excluding carboxylic acids is 1. The molecule has 0 saturated heterocycles. The van der Waals surface area contributed by atoms with Crippen molar-refractivity contribution < 1.29 is 9.90 Å². The van der Waals surface area contributed by atoms with Crippen molar-refractivity contribution in [2.45, 2.75) is 26.4 Å². The Bertz CT molecular complexity index is 383. The lowest BCUT2D eigenvalue weighted by atomic mass is 10.1. The summed E-state index contributed by atoms with van der Waals surface area (Å²) in [6, 6.07) is 1.76. The fraction of sp³-hybridized carbons (Fsp3) is 0.500. The molecule has 0 aliphatic heterocycles. The minimum atomic E-state index is -0.491. The molecule has 2 N–H and O–H groups in total. The lowest BCUT2D eigenvalue weighted by Gasteiger charge is -2.13. The van der Waals surface area contributed by atoms with Gasteiger partial charge >= 0.3 is 0 Å². The molecule has 1 aromatic rings. The van der Waals surface area contributed by atoms with Crippen LogP contribution in [0.3, 0.4) is 0 Å². The van der Waals surface area contributed by atoms with Gasteiger partial charge in [0.15, 0.2) is 0 Å². The Hall–Kier alpha value is -0.690. The van der Waals surface area contributed by atoms with E-state index in [1.54, 1.807) is 12.3 Å². The Morgan fingerprint density at radius 2 is 2.24 bits per heavy atom. The normalized spacial score (nSPS) is 12.5. The Morgan fingerprint density at radius 3 is 2.82 bits per heavy atom. The largest absolute Gasteiger partial charge is 0.391 e. The minimum absolute atomic E-state index is 0.196. The van der Waals surface area contributed by atoms with Gasteiger partial charge in [-0.2, -0.15) is 0 Å². The molecule has 0 aromatic carbocycles. The van der Waals surface area contributed by atoms with Crippen molar-refractivity contribution in [3.05, 3.63) is 27.6 Å². The van der Waals surface area contributed by atoms with Crippen LogP contribution in [-0.4, -0.2) is 28.6 Å². The second-order valence-electron chi connectivity index (χ2n) is 4.39. The highest BCUT2D eigenvalue weighted by Crippen LogP contribution is 2.06. The van der Waals surface area contributed by atoms with Gasteiger partial charge < -0.3 is 10.4 Å². The molecule has 0 unspecified atom stereocenters. The summed E-state index contributed by atoms with van der Waals surface area (Å²) in [6.45, 7) is 4.35. The summed E-state index contributed by atoms with van der Waals surface area (Å²) < 4.78 is 0.915. The van der Waals surface area contributed by atoms with E-state index in [1.165, 1.54) is 6.20 Å². The van der Waals surface area contributed by atoms with Gasteiger partial charge in [0.25, 0.3) is 5.91 Å². The third kappa shape index (κ3) is 5.45. The first-order valence-electron chi connectivity index (χ1n) is 5.56. The second kappa shape index (κ2) is 6.90. The summed E-state index contributed by atoms with van der Waals surface area (Å²) in [4.78, 5) is 15.7. The fourth-order valence-corrected chi connectivity index (χ4v) is 1.97. The number of nitrogens with zero attached hydrogens (tertiary/aromatic N) is 1. The van der Waals surface area contributed by atoms with Crippen LogP contribution in [0.5, 0.6) is 0 Å². The number of amides is 1. The molecule has 1 heterocycles. The molecule has 0 spiro atoms. The topological polar surface area (TPSA) is 62.2 Å². The van der Waals surface area contributed by atoms with Crippen molar-refractivity contribution >= 4 is 28.5 Å². The first kappa shape index (κ1) is 14.4. The van der Waals surface area contributed by atoms with E-state index in [0.717, 1.165) is 3.57 Å². The molecule has 5 heteroatoms. The summed E-state index contributed by atoms with van der Waals surface area (Å²) >= 11 is 2.10. The molecule has 4 nitrogen and oxygen atoms in total. The van der Waals surface area contributed by atoms with E-state index >= 15 is 0 Å². The molecule has 1 atom stereocenters. The van der Waals surface area contributed by atoms with Gasteiger partial charge in [-0.15, -0.1) is 0 Å². The van der Waals surface area contributed by atoms with Crippen LogP contribution >= 0.6 is 22.6 Å². The third-order valence-corrected chi connectivity index (χ3v) is 2.80. The van der Waals surface area contributed by atoms with Gasteiger partial charge in [-0.05, 0) is 41.0 Å². The standard InChI is InChI=1S/C12H17IN2O2/c1-8(2)3-11(16)7-15-12(17)9-4-10(13)6-14-5-9/h4-6,8,11,16H,3,7H2,1-2H3,(H,15,17)/t11-/m0/s1. The Balaban J connectivity index is 2.45. The van der Waals surface area contributed by atoms with E-state index in [-0.39, 0.29) is 12.5 Å². The highest BCUT2D eigenvalue weighted by atomic mass is 127. The van der Waals surface area contributed by atoms with E-state index in [9.17, 15) is 9.90 Å². The molecule has 0 radical (unpaired) electrons. The van der Waals surface area contributed by atoms with Gasteiger partial charge in [-0.25, -0.2) is 0 Å². The Kier molecular flexibility index (Phi) is 5.84. The van der Waals surface area contributed by atoms with Gasteiger partial charge in [-0.3, -0.25) is 9.78 Å². The average molecular weight is 348 g/mol. The van der Waals surface area contributed by atoms with Crippen LogP contribution < -0.4 is 5.32 Å². The predicted molar refractivity (Wildman–Crippen MR) is 74.7 cm³/mol. The van der Waals surface area contributed by atoms with Crippen molar-refractivity contribution in [2.75, 3.05) is 6.54 Å². The van der Waals surface area contributed by atoms with Gasteiger partial charge in [0.05, 0.1) is 11.7 Å². The lowest BCUT2D eigenvalue weighted by molar-refractivity contribution is 0.0900. The van der Waals surface area contributed by atoms with Crippen LogP contribution in [0.25, 0.3) is 0 Å². The van der Waals surface area contributed by atoms with Crippen LogP contribution in [0.1, 0.15) is 30.6 Å². The first-order chi connectivity index (χ1) is 7.99. The summed E-state index contributed by atoms with van der Waals surface area (Å²) in [5.74, 6) is 0.222. The smallest absolute Gasteiger partial charge is 0.252 e. The zero-order valence-electron chi connectivity index (χ0n) is 9.98. The van der Waals surface area contributed by atoms with Gasteiger partial charge in [0.1, 0.15) is 0 Å². The monoisotopic (exact) mass is 348 g/mol. The van der Waals surface area contributed by atoms with E-state index < -0.39 is 6.10 Å². The van der Waals surface area contributed by atoms with Crippen LogP contribution in [0, 0.1) is 9.49 Å². The summed E-state index contributed by atoms with van der Waals surface area (Å²) in [5.41, 5.74) is 0.522. The summed E-state index contributed by atoms with van der Waals surface area (Å²) in [5, 5.41) is 12.3. The molecule has 94 valence electrons. The summed E-state index contributed by atoms with van der Waals surface area (Å²) in [7, 11) is 0. The highest BCUT2D eigenvalue weighted by molar-refractivity contribution is 14.1. The molecule has 1 rings (SSSR count). The number of rotatable bonds is 5. The van der Waals surface area contributed by atoms with Crippen LogP contribution in [0.4, 0.5) is 0 Å². The molecular weight excluding hydrogens is 331 g/mol. The number of hydrogen-bond acceptors (Lipinski definition) is 3. The number of carbonyl (C=O) groups is 1. The van der Waals surface area contributed by atoms with Crippen molar-refractivity contribution in [1.29, 1.82) is 0 Å². The zero-order chi connectivity index (χ0) is 12.8. The van der Waals surface area contributed by atoms with Crippen LogP contribution in [0.2, 0.25) is 0 Å². The Labute approximate surface area is 115 Å². The van der Waals surface area contributed by atoms with Crippen molar-refractivity contribution in [2.24, 2.45) is 5.92 Å². The molecule has 0 saturated carbocycles. The maximum absolute atomic E-state index is 11.7. The highest BCUT2D eigenvalue weighted by Gasteiger charge is 2.10. The second-order valence-corrected chi connectivity index (χ2v) is 5.63. The van der Waals surface area contributed by atoms with E-state index in [1.807, 2.05) is 13.8 Å². The predicted octanol–water partition coefficient (Wildman–Crippen LogP) is 1.82. The molecule has 0 bridgehead atoms. The minimum Gasteiger partial charge on any atom is -0.391 e. The number of nitrogens with one attached hydrogen (secondary N) is 1. The number of aliphatic hydroxyl groups excluding tert-OH is 1. The maximum Gasteiger partial charge on any atom is 0.252 e. The molecule has 0 aliphatic rings. The van der Waals surface area contributed by atoms with Crippen molar-refractivity contribution in [3.63, 3.8) is 0 Å². The lowest BCUT2D eigenvalue weighted by Crippen LogP contribution is -2.32. The van der Waals surface area contributed by atoms with Gasteiger partial charge in [0.2, 0.25) is 0 Å². The van der Waals surface area contributed by atoms with E-state index in [2.05, 4.69) is 32.9 Å². The fourth-order valence-electron chi connectivity index (χ4n) is 1.48. The summed E-state index contributed by atoms with van der Waals surface area (Å²) in [6.07, 6.45) is 3.40. The van der Waals surface area contributed by atoms with Crippen LogP contribution in [-0.2, 0) is 0 Å². The van der Waals surface area contributed by atoms with Gasteiger partial charge in [0, 0.05) is 22.5 Å². The first-order valence-corrected chi connectivity index (χ1v) is 6.63. The van der Waals surface area contributed by atoms with Crippen LogP contribution in [0.15, 0.2) is 18.5 Å².